The highest BCUT2D eigenvalue weighted by Gasteiger charge is 2.38. The molecular weight excluding hydrogens is 352 g/mol. The van der Waals surface area contributed by atoms with Crippen LogP contribution in [0.3, 0.4) is 0 Å². The minimum absolute atomic E-state index is 0.0383. The Morgan fingerprint density at radius 1 is 1.22 bits per heavy atom. The molecule has 0 saturated carbocycles. The van der Waals surface area contributed by atoms with Crippen LogP contribution in [0.15, 0.2) is 30.3 Å². The smallest absolute Gasteiger partial charge is 0.410 e. The molecule has 0 aliphatic carbocycles. The third kappa shape index (κ3) is 6.47. The molecule has 27 heavy (non-hydrogen) atoms. The number of piperidine rings is 1. The number of likely N-dealkylation sites (tertiary alicyclic amines) is 1. The van der Waals surface area contributed by atoms with Crippen LogP contribution >= 0.6 is 0 Å². The van der Waals surface area contributed by atoms with Crippen molar-refractivity contribution in [3.8, 4) is 0 Å². The summed E-state index contributed by atoms with van der Waals surface area (Å²) in [5.74, 6) is -2.02. The molecule has 0 aromatic heterocycles. The van der Waals surface area contributed by atoms with Gasteiger partial charge in [-0.2, -0.15) is 0 Å². The number of ether oxygens (including phenoxy) is 2. The number of alkyl carbamates (subject to hydrolysis) is 1. The number of nitrogens with zero attached hydrogens (tertiary/aromatic N) is 1. The highest BCUT2D eigenvalue weighted by atomic mass is 16.6. The summed E-state index contributed by atoms with van der Waals surface area (Å²) < 4.78 is 10.4. The molecule has 1 aromatic carbocycles. The van der Waals surface area contributed by atoms with Crippen LogP contribution in [0, 0.1) is 5.92 Å². The molecule has 8 nitrogen and oxygen atoms in total. The maximum atomic E-state index is 12.3. The Bertz CT molecular complexity index is 671. The summed E-state index contributed by atoms with van der Waals surface area (Å²) >= 11 is 0. The van der Waals surface area contributed by atoms with E-state index in [4.69, 9.17) is 9.47 Å². The average Bonchev–Trinajstić information content (AvgIpc) is 2.59. The van der Waals surface area contributed by atoms with Crippen LogP contribution in [0.5, 0.6) is 0 Å². The standard InChI is InChI=1S/C19H26N2O6/c1-19(2,3)27-17(24)20-15-9-10-21(11-14(15)16(22)23)18(25)26-12-13-7-5-4-6-8-13/h4-8,14-15H,9-12H2,1-3H3,(H,20,24)(H,22,23)/t14-,15-/m0/s1. The molecular formula is C19H26N2O6. The molecule has 1 saturated heterocycles. The van der Waals surface area contributed by atoms with E-state index in [9.17, 15) is 19.5 Å². The first kappa shape index (κ1) is 20.5. The lowest BCUT2D eigenvalue weighted by atomic mass is 9.92. The molecule has 0 unspecified atom stereocenters. The van der Waals surface area contributed by atoms with Gasteiger partial charge in [0.25, 0.3) is 0 Å². The van der Waals surface area contributed by atoms with Gasteiger partial charge < -0.3 is 24.8 Å². The molecule has 1 aromatic rings. The lowest BCUT2D eigenvalue weighted by Gasteiger charge is -2.36. The van der Waals surface area contributed by atoms with E-state index in [2.05, 4.69) is 5.32 Å². The number of carboxylic acids is 1. The number of amides is 2. The second-order valence-electron chi connectivity index (χ2n) is 7.47. The maximum Gasteiger partial charge on any atom is 0.410 e. The fourth-order valence-electron chi connectivity index (χ4n) is 2.81. The summed E-state index contributed by atoms with van der Waals surface area (Å²) in [6, 6.07) is 8.62. The minimum atomic E-state index is -1.09. The SMILES string of the molecule is CC(C)(C)OC(=O)N[C@H]1CCN(C(=O)OCc2ccccc2)C[C@@H]1C(=O)O. The number of rotatable bonds is 4. The normalized spacial score (nSPS) is 19.9. The predicted molar refractivity (Wildman–Crippen MR) is 97.1 cm³/mol. The monoisotopic (exact) mass is 378 g/mol. The van der Waals surface area contributed by atoms with E-state index in [1.165, 1.54) is 4.90 Å². The van der Waals surface area contributed by atoms with Gasteiger partial charge in [0.15, 0.2) is 0 Å². The third-order valence-corrected chi connectivity index (χ3v) is 4.10. The largest absolute Gasteiger partial charge is 0.481 e. The Kier molecular flexibility index (Phi) is 6.65. The lowest BCUT2D eigenvalue weighted by molar-refractivity contribution is -0.144. The molecule has 148 valence electrons. The summed E-state index contributed by atoms with van der Waals surface area (Å²) in [5.41, 5.74) is 0.173. The zero-order chi connectivity index (χ0) is 20.0. The number of aliphatic carboxylic acids is 1. The van der Waals surface area contributed by atoms with Crippen molar-refractivity contribution in [1.29, 1.82) is 0 Å². The number of carbonyl (C=O) groups is 3. The van der Waals surface area contributed by atoms with Gasteiger partial charge in [-0.05, 0) is 32.8 Å². The van der Waals surface area contributed by atoms with Gasteiger partial charge in [-0.1, -0.05) is 30.3 Å². The van der Waals surface area contributed by atoms with Crippen molar-refractivity contribution in [3.63, 3.8) is 0 Å². The van der Waals surface area contributed by atoms with Gasteiger partial charge in [-0.25, -0.2) is 9.59 Å². The Balaban J connectivity index is 1.91. The number of benzene rings is 1. The summed E-state index contributed by atoms with van der Waals surface area (Å²) in [7, 11) is 0. The molecule has 2 N–H and O–H groups in total. The molecule has 8 heteroatoms. The van der Waals surface area contributed by atoms with Gasteiger partial charge in [0.1, 0.15) is 12.2 Å². The second kappa shape index (κ2) is 8.75. The van der Waals surface area contributed by atoms with E-state index in [1.807, 2.05) is 30.3 Å². The molecule has 2 rings (SSSR count). The number of carbonyl (C=O) groups excluding carboxylic acids is 2. The quantitative estimate of drug-likeness (QED) is 0.834. The first-order chi connectivity index (χ1) is 12.7. The van der Waals surface area contributed by atoms with Crippen LogP contribution in [-0.2, 0) is 20.9 Å². The summed E-state index contributed by atoms with van der Waals surface area (Å²) in [4.78, 5) is 37.2. The zero-order valence-corrected chi connectivity index (χ0v) is 15.8. The first-order valence-electron chi connectivity index (χ1n) is 8.83. The van der Waals surface area contributed by atoms with Crippen molar-refractivity contribution in [2.45, 2.75) is 45.4 Å². The van der Waals surface area contributed by atoms with E-state index >= 15 is 0 Å². The van der Waals surface area contributed by atoms with Gasteiger partial charge in [-0.15, -0.1) is 0 Å². The van der Waals surface area contributed by atoms with Crippen LogP contribution < -0.4 is 5.32 Å². The van der Waals surface area contributed by atoms with Crippen LogP contribution in [0.1, 0.15) is 32.8 Å². The van der Waals surface area contributed by atoms with Gasteiger partial charge in [0.2, 0.25) is 0 Å². The Morgan fingerprint density at radius 3 is 2.48 bits per heavy atom. The first-order valence-corrected chi connectivity index (χ1v) is 8.83. The van der Waals surface area contributed by atoms with Crippen molar-refractivity contribution in [2.24, 2.45) is 5.92 Å². The number of carboxylic acid groups (broad SMARTS) is 1. The van der Waals surface area contributed by atoms with E-state index in [1.54, 1.807) is 20.8 Å². The molecule has 1 heterocycles. The number of nitrogens with one attached hydrogen (secondary N) is 1. The summed E-state index contributed by atoms with van der Waals surface area (Å²) in [5, 5.41) is 12.1. The van der Waals surface area contributed by atoms with Crippen molar-refractivity contribution >= 4 is 18.2 Å². The topological polar surface area (TPSA) is 105 Å². The van der Waals surface area contributed by atoms with Gasteiger partial charge in [0, 0.05) is 19.1 Å². The van der Waals surface area contributed by atoms with E-state index < -0.39 is 35.7 Å². The molecule has 1 aliphatic heterocycles. The number of hydrogen-bond acceptors (Lipinski definition) is 5. The fourth-order valence-corrected chi connectivity index (χ4v) is 2.81. The highest BCUT2D eigenvalue weighted by molar-refractivity contribution is 5.76. The Morgan fingerprint density at radius 2 is 1.89 bits per heavy atom. The van der Waals surface area contributed by atoms with Crippen molar-refractivity contribution in [3.05, 3.63) is 35.9 Å². The fraction of sp³-hybridized carbons (Fsp3) is 0.526. The molecule has 2 atom stereocenters. The lowest BCUT2D eigenvalue weighted by Crippen LogP contribution is -2.55. The minimum Gasteiger partial charge on any atom is -0.481 e. The van der Waals surface area contributed by atoms with E-state index in [0.29, 0.717) is 6.42 Å². The van der Waals surface area contributed by atoms with Crippen LogP contribution in [0.25, 0.3) is 0 Å². The van der Waals surface area contributed by atoms with Crippen LogP contribution in [0.4, 0.5) is 9.59 Å². The van der Waals surface area contributed by atoms with Crippen molar-refractivity contribution in [2.75, 3.05) is 13.1 Å². The second-order valence-corrected chi connectivity index (χ2v) is 7.47. The van der Waals surface area contributed by atoms with Crippen LogP contribution in [-0.4, -0.2) is 52.9 Å². The van der Waals surface area contributed by atoms with E-state index in [0.717, 1.165) is 5.56 Å². The highest BCUT2D eigenvalue weighted by Crippen LogP contribution is 2.20. The molecule has 0 radical (unpaired) electrons. The molecule has 0 bridgehead atoms. The van der Waals surface area contributed by atoms with Crippen molar-refractivity contribution in [1.82, 2.24) is 10.2 Å². The van der Waals surface area contributed by atoms with Gasteiger partial charge in [0.05, 0.1) is 5.92 Å². The molecule has 2 amide bonds. The van der Waals surface area contributed by atoms with E-state index in [-0.39, 0.29) is 19.7 Å². The predicted octanol–water partition coefficient (Wildman–Crippen LogP) is 2.62. The maximum absolute atomic E-state index is 12.3. The van der Waals surface area contributed by atoms with Crippen molar-refractivity contribution < 1.29 is 29.0 Å². The number of hydrogen-bond donors (Lipinski definition) is 2. The Hall–Kier alpha value is -2.77. The third-order valence-electron chi connectivity index (χ3n) is 4.10. The molecule has 1 fully saturated rings. The zero-order valence-electron chi connectivity index (χ0n) is 15.8. The average molecular weight is 378 g/mol. The Labute approximate surface area is 158 Å². The van der Waals surface area contributed by atoms with Gasteiger partial charge >= 0.3 is 18.2 Å². The molecule has 1 aliphatic rings. The van der Waals surface area contributed by atoms with Crippen LogP contribution in [0.2, 0.25) is 0 Å². The summed E-state index contributed by atoms with van der Waals surface area (Å²) in [6.45, 7) is 5.56. The van der Waals surface area contributed by atoms with Gasteiger partial charge in [-0.3, -0.25) is 4.79 Å². The molecule has 0 spiro atoms. The summed E-state index contributed by atoms with van der Waals surface area (Å²) in [6.07, 6.45) is -0.934.